The predicted molar refractivity (Wildman–Crippen MR) is 87.2 cm³/mol. The van der Waals surface area contributed by atoms with Crippen molar-refractivity contribution in [1.82, 2.24) is 0 Å². The highest BCUT2D eigenvalue weighted by molar-refractivity contribution is 8.14. The van der Waals surface area contributed by atoms with Crippen molar-refractivity contribution < 1.29 is 8.42 Å². The van der Waals surface area contributed by atoms with Crippen molar-refractivity contribution in [2.45, 2.75) is 11.8 Å². The van der Waals surface area contributed by atoms with E-state index >= 15 is 0 Å². The van der Waals surface area contributed by atoms with E-state index in [0.717, 1.165) is 16.5 Å². The maximum Gasteiger partial charge on any atom is 0.261 e. The molecule has 4 heteroatoms. The lowest BCUT2D eigenvalue weighted by Gasteiger charge is -2.09. The highest BCUT2D eigenvalue weighted by Crippen LogP contribution is 2.33. The molecule has 0 aliphatic heterocycles. The summed E-state index contributed by atoms with van der Waals surface area (Å²) in [6.45, 7) is 2.03. The molecule has 0 radical (unpaired) electrons. The zero-order valence-corrected chi connectivity index (χ0v) is 12.9. The smallest absolute Gasteiger partial charge is 0.207 e. The zero-order chi connectivity index (χ0) is 15.0. The molecule has 0 aromatic heterocycles. The van der Waals surface area contributed by atoms with Gasteiger partial charge in [0.25, 0.3) is 9.05 Å². The summed E-state index contributed by atoms with van der Waals surface area (Å²) in [4.78, 5) is 0.149. The van der Waals surface area contributed by atoms with Crippen LogP contribution < -0.4 is 0 Å². The number of hydrogen-bond donors (Lipinski definition) is 0. The molecule has 0 fully saturated rings. The lowest BCUT2D eigenvalue weighted by atomic mass is 9.98. The molecule has 2 nitrogen and oxygen atoms in total. The Hall–Kier alpha value is -1.84. The van der Waals surface area contributed by atoms with Crippen LogP contribution in [0.2, 0.25) is 0 Å². The summed E-state index contributed by atoms with van der Waals surface area (Å²) in [5.74, 6) is 0. The van der Waals surface area contributed by atoms with Crippen LogP contribution in [-0.4, -0.2) is 8.42 Å². The Bertz CT molecular complexity index is 913. The van der Waals surface area contributed by atoms with Gasteiger partial charge in [-0.15, -0.1) is 0 Å². The Labute approximate surface area is 128 Å². The fourth-order valence-electron chi connectivity index (χ4n) is 2.48. The molecule has 0 bridgehead atoms. The summed E-state index contributed by atoms with van der Waals surface area (Å²) in [5.41, 5.74) is 3.23. The Balaban J connectivity index is 2.34. The Kier molecular flexibility index (Phi) is 3.47. The first kappa shape index (κ1) is 14.1. The van der Waals surface area contributed by atoms with Crippen LogP contribution in [0.25, 0.3) is 21.9 Å². The van der Waals surface area contributed by atoms with Gasteiger partial charge in [0.2, 0.25) is 0 Å². The van der Waals surface area contributed by atoms with E-state index in [9.17, 15) is 8.42 Å². The van der Waals surface area contributed by atoms with Crippen LogP contribution in [0, 0.1) is 6.92 Å². The molecular weight excluding hydrogens is 304 g/mol. The van der Waals surface area contributed by atoms with Gasteiger partial charge in [0.15, 0.2) is 0 Å². The van der Waals surface area contributed by atoms with Gasteiger partial charge in [-0.25, -0.2) is 8.42 Å². The molecule has 0 N–H and O–H groups in total. The Morgan fingerprint density at radius 2 is 1.43 bits per heavy atom. The minimum Gasteiger partial charge on any atom is -0.207 e. The van der Waals surface area contributed by atoms with Gasteiger partial charge >= 0.3 is 0 Å². The molecule has 0 heterocycles. The molecule has 21 heavy (non-hydrogen) atoms. The van der Waals surface area contributed by atoms with Crippen LogP contribution in [-0.2, 0) is 9.05 Å². The summed E-state index contributed by atoms with van der Waals surface area (Å²) < 4.78 is 23.4. The van der Waals surface area contributed by atoms with Crippen LogP contribution in [0.15, 0.2) is 65.6 Å². The summed E-state index contributed by atoms with van der Waals surface area (Å²) in [7, 11) is 1.77. The summed E-state index contributed by atoms with van der Waals surface area (Å²) in [6, 6.07) is 18.9. The average Bonchev–Trinajstić information content (AvgIpc) is 2.46. The quantitative estimate of drug-likeness (QED) is 0.640. The highest BCUT2D eigenvalue weighted by Gasteiger charge is 2.15. The van der Waals surface area contributed by atoms with Gasteiger partial charge < -0.3 is 0 Å². The molecule has 3 rings (SSSR count). The fraction of sp³-hybridized carbons (Fsp3) is 0.0588. The number of rotatable bonds is 2. The minimum absolute atomic E-state index is 0.149. The van der Waals surface area contributed by atoms with Gasteiger partial charge in [-0.05, 0) is 29.5 Å². The number of benzene rings is 3. The molecule has 3 aromatic carbocycles. The molecule has 106 valence electrons. The minimum atomic E-state index is -3.76. The summed E-state index contributed by atoms with van der Waals surface area (Å²) >= 11 is 0. The first-order chi connectivity index (χ1) is 9.97. The van der Waals surface area contributed by atoms with Crippen LogP contribution >= 0.6 is 10.7 Å². The topological polar surface area (TPSA) is 34.1 Å². The molecule has 0 saturated carbocycles. The normalized spacial score (nSPS) is 11.7. The van der Waals surface area contributed by atoms with Crippen molar-refractivity contribution in [3.63, 3.8) is 0 Å². The second-order valence-electron chi connectivity index (χ2n) is 4.96. The first-order valence-electron chi connectivity index (χ1n) is 6.50. The molecule has 0 spiro atoms. The number of hydrogen-bond acceptors (Lipinski definition) is 2. The third-order valence-corrected chi connectivity index (χ3v) is 4.89. The van der Waals surface area contributed by atoms with Crippen molar-refractivity contribution in [1.29, 1.82) is 0 Å². The van der Waals surface area contributed by atoms with Gasteiger partial charge in [-0.3, -0.25) is 0 Å². The second-order valence-corrected chi connectivity index (χ2v) is 7.50. The summed E-state index contributed by atoms with van der Waals surface area (Å²) in [5, 5.41) is 1.52. The van der Waals surface area contributed by atoms with E-state index in [1.165, 1.54) is 11.6 Å². The summed E-state index contributed by atoms with van der Waals surface area (Å²) in [6.07, 6.45) is 0. The average molecular weight is 317 g/mol. The van der Waals surface area contributed by atoms with Crippen molar-refractivity contribution in [3.05, 3.63) is 66.2 Å². The van der Waals surface area contributed by atoms with E-state index in [-0.39, 0.29) is 4.90 Å². The van der Waals surface area contributed by atoms with Crippen molar-refractivity contribution in [3.8, 4) is 11.1 Å². The van der Waals surface area contributed by atoms with E-state index < -0.39 is 9.05 Å². The van der Waals surface area contributed by atoms with E-state index in [4.69, 9.17) is 10.7 Å². The van der Waals surface area contributed by atoms with Crippen molar-refractivity contribution in [2.75, 3.05) is 0 Å². The lowest BCUT2D eigenvalue weighted by Crippen LogP contribution is -1.93. The molecule has 0 unspecified atom stereocenters. The molecule has 0 saturated heterocycles. The molecular formula is C17H13ClO2S. The Morgan fingerprint density at radius 3 is 2.10 bits per heavy atom. The van der Waals surface area contributed by atoms with Gasteiger partial charge in [-0.1, -0.05) is 60.2 Å². The number of halogens is 1. The molecule has 0 atom stereocenters. The number of fused-ring (bicyclic) bond motifs is 1. The van der Waals surface area contributed by atoms with E-state index in [0.29, 0.717) is 5.39 Å². The van der Waals surface area contributed by atoms with Crippen LogP contribution in [0.3, 0.4) is 0 Å². The number of aryl methyl sites for hydroxylation is 1. The third-order valence-electron chi connectivity index (χ3n) is 3.51. The van der Waals surface area contributed by atoms with Gasteiger partial charge in [0.05, 0.1) is 4.90 Å². The van der Waals surface area contributed by atoms with Crippen LogP contribution in [0.4, 0.5) is 0 Å². The molecule has 0 aliphatic rings. The monoisotopic (exact) mass is 316 g/mol. The SMILES string of the molecule is Cc1ccc(-c2cccc3c(S(=O)(=O)Cl)cccc23)cc1. The predicted octanol–water partition coefficient (Wildman–Crippen LogP) is 4.74. The largest absolute Gasteiger partial charge is 0.261 e. The van der Waals surface area contributed by atoms with Crippen molar-refractivity contribution in [2.24, 2.45) is 0 Å². The molecule has 0 amide bonds. The Morgan fingerprint density at radius 1 is 0.810 bits per heavy atom. The van der Waals surface area contributed by atoms with Crippen LogP contribution in [0.5, 0.6) is 0 Å². The van der Waals surface area contributed by atoms with Crippen LogP contribution in [0.1, 0.15) is 5.56 Å². The maximum atomic E-state index is 11.7. The molecule has 0 aliphatic carbocycles. The standard InChI is InChI=1S/C17H13ClO2S/c1-12-8-10-13(11-9-12)14-4-2-6-16-15(14)5-3-7-17(16)21(18,19)20/h2-11H,1H3. The van der Waals surface area contributed by atoms with Gasteiger partial charge in [0, 0.05) is 16.1 Å². The van der Waals surface area contributed by atoms with Gasteiger partial charge in [-0.2, -0.15) is 0 Å². The molecule has 3 aromatic rings. The maximum absolute atomic E-state index is 11.7. The van der Waals surface area contributed by atoms with Crippen molar-refractivity contribution >= 4 is 30.5 Å². The second kappa shape index (κ2) is 5.17. The van der Waals surface area contributed by atoms with E-state index in [1.807, 2.05) is 49.4 Å². The first-order valence-corrected chi connectivity index (χ1v) is 8.81. The van der Waals surface area contributed by atoms with E-state index in [1.54, 1.807) is 12.1 Å². The zero-order valence-electron chi connectivity index (χ0n) is 11.4. The highest BCUT2D eigenvalue weighted by atomic mass is 35.7. The third kappa shape index (κ3) is 2.67. The fourth-order valence-corrected chi connectivity index (χ4v) is 3.56. The van der Waals surface area contributed by atoms with E-state index in [2.05, 4.69) is 0 Å². The lowest BCUT2D eigenvalue weighted by molar-refractivity contribution is 0.610. The van der Waals surface area contributed by atoms with Gasteiger partial charge in [0.1, 0.15) is 0 Å².